The van der Waals surface area contributed by atoms with Gasteiger partial charge in [-0.05, 0) is 66.7 Å². The van der Waals surface area contributed by atoms with Gasteiger partial charge in [-0.25, -0.2) is 8.78 Å². The highest BCUT2D eigenvalue weighted by molar-refractivity contribution is 9.10. The molecule has 118 valence electrons. The smallest absolute Gasteiger partial charge is 0.143 e. The maximum absolute atomic E-state index is 14.1. The second-order valence-electron chi connectivity index (χ2n) is 5.55. The van der Waals surface area contributed by atoms with E-state index in [4.69, 9.17) is 4.74 Å². The summed E-state index contributed by atoms with van der Waals surface area (Å²) in [7, 11) is 0. The third kappa shape index (κ3) is 4.73. The number of nitrogens with one attached hydrogen (secondary N) is 1. The number of hydrogen-bond acceptors (Lipinski definition) is 2. The fourth-order valence-electron chi connectivity index (χ4n) is 2.74. The summed E-state index contributed by atoms with van der Waals surface area (Å²) in [6.45, 7) is 3.72. The largest absolute Gasteiger partial charge is 0.378 e. The molecule has 1 heterocycles. The molecule has 0 bridgehead atoms. The SMILES string of the molecule is CCCNC(Cc1c(F)ccc(Br)c1F)CC1CCCO1. The van der Waals surface area contributed by atoms with Gasteiger partial charge in [-0.3, -0.25) is 0 Å². The molecule has 1 aromatic carbocycles. The van der Waals surface area contributed by atoms with Gasteiger partial charge in [0.05, 0.1) is 10.6 Å². The van der Waals surface area contributed by atoms with Crippen molar-refractivity contribution >= 4 is 15.9 Å². The molecule has 0 aliphatic carbocycles. The number of benzene rings is 1. The molecule has 1 aliphatic heterocycles. The van der Waals surface area contributed by atoms with Gasteiger partial charge in [0.25, 0.3) is 0 Å². The van der Waals surface area contributed by atoms with Crippen molar-refractivity contribution in [2.75, 3.05) is 13.2 Å². The predicted octanol–water partition coefficient (Wildman–Crippen LogP) is 4.21. The fraction of sp³-hybridized carbons (Fsp3) is 0.625. The Labute approximate surface area is 133 Å². The van der Waals surface area contributed by atoms with Crippen LogP contribution in [0, 0.1) is 11.6 Å². The highest BCUT2D eigenvalue weighted by Crippen LogP contribution is 2.25. The van der Waals surface area contributed by atoms with Gasteiger partial charge in [0, 0.05) is 18.2 Å². The van der Waals surface area contributed by atoms with E-state index in [9.17, 15) is 8.78 Å². The van der Waals surface area contributed by atoms with Gasteiger partial charge in [-0.1, -0.05) is 6.92 Å². The van der Waals surface area contributed by atoms with Crippen LogP contribution in [0.5, 0.6) is 0 Å². The van der Waals surface area contributed by atoms with Gasteiger partial charge in [-0.15, -0.1) is 0 Å². The zero-order valence-electron chi connectivity index (χ0n) is 12.3. The second-order valence-corrected chi connectivity index (χ2v) is 6.40. The van der Waals surface area contributed by atoms with Crippen LogP contribution in [0.3, 0.4) is 0 Å². The molecule has 1 aromatic rings. The molecule has 1 aliphatic rings. The molecular weight excluding hydrogens is 340 g/mol. The van der Waals surface area contributed by atoms with Crippen molar-refractivity contribution in [1.82, 2.24) is 5.32 Å². The molecule has 2 atom stereocenters. The summed E-state index contributed by atoms with van der Waals surface area (Å²) in [6.07, 6.45) is 4.45. The zero-order valence-corrected chi connectivity index (χ0v) is 13.9. The van der Waals surface area contributed by atoms with Crippen LogP contribution in [0.25, 0.3) is 0 Å². The maximum Gasteiger partial charge on any atom is 0.143 e. The van der Waals surface area contributed by atoms with Gasteiger partial charge in [0.15, 0.2) is 0 Å². The van der Waals surface area contributed by atoms with Crippen LogP contribution in [0.4, 0.5) is 8.78 Å². The monoisotopic (exact) mass is 361 g/mol. The van der Waals surface area contributed by atoms with E-state index in [0.29, 0.717) is 10.9 Å². The van der Waals surface area contributed by atoms with Crippen molar-refractivity contribution in [3.05, 3.63) is 33.8 Å². The minimum atomic E-state index is -0.495. The number of hydrogen-bond donors (Lipinski definition) is 1. The Morgan fingerprint density at radius 3 is 2.90 bits per heavy atom. The Bertz CT molecular complexity index is 464. The lowest BCUT2D eigenvalue weighted by Gasteiger charge is -2.22. The molecule has 21 heavy (non-hydrogen) atoms. The summed E-state index contributed by atoms with van der Waals surface area (Å²) in [5, 5.41) is 3.39. The van der Waals surface area contributed by atoms with Gasteiger partial charge < -0.3 is 10.1 Å². The molecule has 0 saturated carbocycles. The summed E-state index contributed by atoms with van der Waals surface area (Å²) in [4.78, 5) is 0. The Balaban J connectivity index is 2.08. The molecule has 1 N–H and O–H groups in total. The minimum Gasteiger partial charge on any atom is -0.378 e. The van der Waals surface area contributed by atoms with Gasteiger partial charge >= 0.3 is 0 Å². The quantitative estimate of drug-likeness (QED) is 0.734. The molecule has 0 spiro atoms. The van der Waals surface area contributed by atoms with Crippen molar-refractivity contribution < 1.29 is 13.5 Å². The van der Waals surface area contributed by atoms with Crippen molar-refractivity contribution in [1.29, 1.82) is 0 Å². The zero-order chi connectivity index (χ0) is 15.2. The standard InChI is InChI=1S/C16H22BrF2NO/c1-2-7-20-11(9-12-4-3-8-21-12)10-13-15(18)6-5-14(17)16(13)19/h5-6,11-12,20H,2-4,7-10H2,1H3. The van der Waals surface area contributed by atoms with E-state index >= 15 is 0 Å². The van der Waals surface area contributed by atoms with Crippen LogP contribution in [0.15, 0.2) is 16.6 Å². The van der Waals surface area contributed by atoms with Crippen LogP contribution in [0.2, 0.25) is 0 Å². The van der Waals surface area contributed by atoms with E-state index in [2.05, 4.69) is 28.2 Å². The van der Waals surface area contributed by atoms with E-state index in [1.165, 1.54) is 12.1 Å². The predicted molar refractivity (Wildman–Crippen MR) is 83.4 cm³/mol. The van der Waals surface area contributed by atoms with Crippen LogP contribution in [-0.2, 0) is 11.2 Å². The van der Waals surface area contributed by atoms with Gasteiger partial charge in [0.2, 0.25) is 0 Å². The van der Waals surface area contributed by atoms with Crippen LogP contribution in [0.1, 0.15) is 38.2 Å². The molecule has 2 unspecified atom stereocenters. The maximum atomic E-state index is 14.1. The minimum absolute atomic E-state index is 0.0337. The van der Waals surface area contributed by atoms with E-state index in [0.717, 1.165) is 38.8 Å². The fourth-order valence-corrected chi connectivity index (χ4v) is 3.11. The Hall–Kier alpha value is -0.520. The molecular formula is C16H22BrF2NO. The van der Waals surface area contributed by atoms with E-state index in [1.807, 2.05) is 0 Å². The van der Waals surface area contributed by atoms with E-state index < -0.39 is 11.6 Å². The molecule has 2 nitrogen and oxygen atoms in total. The van der Waals surface area contributed by atoms with Gasteiger partial charge in [0.1, 0.15) is 11.6 Å². The van der Waals surface area contributed by atoms with Crippen LogP contribution >= 0.6 is 15.9 Å². The molecule has 0 radical (unpaired) electrons. The third-order valence-electron chi connectivity index (χ3n) is 3.84. The first-order valence-corrected chi connectivity index (χ1v) is 8.38. The number of rotatable bonds is 7. The first-order chi connectivity index (χ1) is 10.1. The van der Waals surface area contributed by atoms with Gasteiger partial charge in [-0.2, -0.15) is 0 Å². The third-order valence-corrected chi connectivity index (χ3v) is 4.46. The normalized spacial score (nSPS) is 19.9. The summed E-state index contributed by atoms with van der Waals surface area (Å²) < 4.78 is 34.0. The molecule has 5 heteroatoms. The first kappa shape index (κ1) is 16.8. The van der Waals surface area contributed by atoms with Crippen molar-refractivity contribution in [3.8, 4) is 0 Å². The second kappa shape index (κ2) is 8.20. The lowest BCUT2D eigenvalue weighted by atomic mass is 9.98. The molecule has 0 amide bonds. The Kier molecular flexibility index (Phi) is 6.58. The first-order valence-electron chi connectivity index (χ1n) is 7.59. The summed E-state index contributed by atoms with van der Waals surface area (Å²) in [6, 6.07) is 2.75. The molecule has 1 saturated heterocycles. The van der Waals surface area contributed by atoms with Crippen molar-refractivity contribution in [2.45, 2.75) is 51.2 Å². The van der Waals surface area contributed by atoms with E-state index in [1.54, 1.807) is 0 Å². The lowest BCUT2D eigenvalue weighted by molar-refractivity contribution is 0.0944. The summed E-state index contributed by atoms with van der Waals surface area (Å²) in [5.41, 5.74) is 0.149. The topological polar surface area (TPSA) is 21.3 Å². The van der Waals surface area contributed by atoms with Crippen LogP contribution < -0.4 is 5.32 Å². The average Bonchev–Trinajstić information content (AvgIpc) is 2.97. The highest BCUT2D eigenvalue weighted by Gasteiger charge is 2.23. The van der Waals surface area contributed by atoms with Crippen molar-refractivity contribution in [3.63, 3.8) is 0 Å². The number of halogens is 3. The summed E-state index contributed by atoms with van der Waals surface area (Å²) >= 11 is 3.12. The average molecular weight is 362 g/mol. The van der Waals surface area contributed by atoms with Crippen LogP contribution in [-0.4, -0.2) is 25.3 Å². The Morgan fingerprint density at radius 1 is 1.43 bits per heavy atom. The number of ether oxygens (including phenoxy) is 1. The van der Waals surface area contributed by atoms with Crippen molar-refractivity contribution in [2.24, 2.45) is 0 Å². The Morgan fingerprint density at radius 2 is 2.24 bits per heavy atom. The summed E-state index contributed by atoms with van der Waals surface area (Å²) in [5.74, 6) is -0.975. The molecule has 0 aromatic heterocycles. The highest BCUT2D eigenvalue weighted by atomic mass is 79.9. The molecule has 2 rings (SSSR count). The van der Waals surface area contributed by atoms with E-state index in [-0.39, 0.29) is 17.7 Å². The molecule has 1 fully saturated rings. The lowest BCUT2D eigenvalue weighted by Crippen LogP contribution is -2.35.